The normalized spacial score (nSPS) is 15.8. The van der Waals surface area contributed by atoms with Crippen molar-refractivity contribution in [1.29, 1.82) is 0 Å². The number of piperazine rings is 1. The zero-order chi connectivity index (χ0) is 20.3. The molecule has 0 atom stereocenters. The maximum absolute atomic E-state index is 4.51. The molecule has 3 aromatic carbocycles. The zero-order valence-electron chi connectivity index (χ0n) is 17.5. The Morgan fingerprint density at radius 2 is 1.43 bits per heavy atom. The van der Waals surface area contributed by atoms with Gasteiger partial charge in [0.15, 0.2) is 0 Å². The first kappa shape index (κ1) is 19.0. The number of aromatic nitrogens is 2. The highest BCUT2D eigenvalue weighted by Crippen LogP contribution is 2.29. The molecule has 1 aromatic heterocycles. The van der Waals surface area contributed by atoms with Gasteiger partial charge in [0.25, 0.3) is 0 Å². The van der Waals surface area contributed by atoms with E-state index in [4.69, 9.17) is 0 Å². The molecule has 0 aliphatic carbocycles. The molecule has 4 nitrogen and oxygen atoms in total. The molecule has 4 heteroatoms. The first-order chi connectivity index (χ1) is 14.8. The van der Waals surface area contributed by atoms with Crippen LogP contribution in [0.25, 0.3) is 11.0 Å². The molecule has 0 unspecified atom stereocenters. The van der Waals surface area contributed by atoms with Crippen LogP contribution < -0.4 is 0 Å². The Kier molecular flexibility index (Phi) is 5.35. The monoisotopic (exact) mass is 396 g/mol. The highest BCUT2D eigenvalue weighted by molar-refractivity contribution is 5.75. The molecule has 5 rings (SSSR count). The average Bonchev–Trinajstić information content (AvgIpc) is 3.17. The van der Waals surface area contributed by atoms with Crippen LogP contribution in [0.2, 0.25) is 0 Å². The van der Waals surface area contributed by atoms with Crippen molar-refractivity contribution < 1.29 is 0 Å². The fourth-order valence-electron chi connectivity index (χ4n) is 4.60. The predicted molar refractivity (Wildman–Crippen MR) is 122 cm³/mol. The second-order valence-electron chi connectivity index (χ2n) is 8.21. The number of rotatable bonds is 5. The maximum atomic E-state index is 4.51. The third-order valence-corrected chi connectivity index (χ3v) is 6.20. The first-order valence-electron chi connectivity index (χ1n) is 10.7. The molecular formula is C26H28N4. The molecule has 1 saturated heterocycles. The molecule has 0 radical (unpaired) electrons. The van der Waals surface area contributed by atoms with Crippen molar-refractivity contribution in [2.24, 2.45) is 7.05 Å². The quantitative estimate of drug-likeness (QED) is 0.497. The van der Waals surface area contributed by atoms with E-state index in [1.54, 1.807) is 0 Å². The Bertz CT molecular complexity index is 1060. The fraction of sp³-hybridized carbons (Fsp3) is 0.269. The number of imidazole rings is 1. The van der Waals surface area contributed by atoms with Crippen molar-refractivity contribution in [1.82, 2.24) is 19.4 Å². The van der Waals surface area contributed by atoms with Crippen molar-refractivity contribution >= 4 is 11.0 Å². The van der Waals surface area contributed by atoms with Crippen LogP contribution in [0.4, 0.5) is 0 Å². The fourth-order valence-corrected chi connectivity index (χ4v) is 4.60. The summed E-state index contributed by atoms with van der Waals surface area (Å²) in [6.45, 7) is 5.29. The van der Waals surface area contributed by atoms with Crippen LogP contribution in [0.1, 0.15) is 22.7 Å². The molecule has 2 heterocycles. The number of benzene rings is 3. The summed E-state index contributed by atoms with van der Waals surface area (Å²) in [5.74, 6) is 0. The number of fused-ring (bicyclic) bond motifs is 1. The van der Waals surface area contributed by atoms with Gasteiger partial charge in [-0.25, -0.2) is 4.98 Å². The Morgan fingerprint density at radius 1 is 0.800 bits per heavy atom. The molecule has 152 valence electrons. The minimum absolute atomic E-state index is 0.319. The van der Waals surface area contributed by atoms with Crippen molar-refractivity contribution in [3.05, 3.63) is 102 Å². The Balaban J connectivity index is 1.29. The van der Waals surface area contributed by atoms with E-state index in [0.717, 1.165) is 38.2 Å². The van der Waals surface area contributed by atoms with Gasteiger partial charge in [0, 0.05) is 39.8 Å². The van der Waals surface area contributed by atoms with Crippen LogP contribution in [-0.2, 0) is 13.6 Å². The van der Waals surface area contributed by atoms with E-state index < -0.39 is 0 Å². The molecule has 0 saturated carbocycles. The van der Waals surface area contributed by atoms with Gasteiger partial charge in [-0.2, -0.15) is 0 Å². The molecule has 0 spiro atoms. The largest absolute Gasteiger partial charge is 0.334 e. The van der Waals surface area contributed by atoms with Crippen molar-refractivity contribution in [2.45, 2.75) is 12.6 Å². The van der Waals surface area contributed by atoms with E-state index in [1.165, 1.54) is 22.2 Å². The predicted octanol–water partition coefficient (Wildman–Crippen LogP) is 4.48. The number of hydrogen-bond acceptors (Lipinski definition) is 3. The zero-order valence-corrected chi connectivity index (χ0v) is 17.5. The molecule has 1 aliphatic rings. The molecular weight excluding hydrogens is 368 g/mol. The van der Waals surface area contributed by atoms with Gasteiger partial charge in [0.2, 0.25) is 0 Å². The summed E-state index contributed by atoms with van der Waals surface area (Å²) < 4.78 is 2.07. The lowest BCUT2D eigenvalue weighted by atomic mass is 9.96. The molecule has 0 bridgehead atoms. The van der Waals surface area contributed by atoms with E-state index >= 15 is 0 Å². The van der Waals surface area contributed by atoms with Gasteiger partial charge in [-0.1, -0.05) is 66.7 Å². The number of nitrogens with zero attached hydrogens (tertiary/aromatic N) is 4. The Hall–Kier alpha value is -2.95. The second-order valence-corrected chi connectivity index (χ2v) is 8.21. The van der Waals surface area contributed by atoms with Gasteiger partial charge in [-0.15, -0.1) is 0 Å². The van der Waals surface area contributed by atoms with Crippen LogP contribution in [-0.4, -0.2) is 45.5 Å². The summed E-state index contributed by atoms with van der Waals surface area (Å²) in [4.78, 5) is 9.70. The second kappa shape index (κ2) is 8.42. The van der Waals surface area contributed by atoms with E-state index in [0.29, 0.717) is 6.04 Å². The smallest absolute Gasteiger partial charge is 0.0955 e. The summed E-state index contributed by atoms with van der Waals surface area (Å²) in [5, 5.41) is 0. The maximum Gasteiger partial charge on any atom is 0.0955 e. The van der Waals surface area contributed by atoms with Gasteiger partial charge in [-0.05, 0) is 28.8 Å². The third kappa shape index (κ3) is 3.89. The Morgan fingerprint density at radius 3 is 2.07 bits per heavy atom. The minimum atomic E-state index is 0.319. The molecule has 0 N–H and O–H groups in total. The van der Waals surface area contributed by atoms with E-state index in [-0.39, 0.29) is 0 Å². The van der Waals surface area contributed by atoms with Crippen LogP contribution in [0, 0.1) is 0 Å². The topological polar surface area (TPSA) is 24.3 Å². The van der Waals surface area contributed by atoms with E-state index in [2.05, 4.69) is 98.2 Å². The summed E-state index contributed by atoms with van der Waals surface area (Å²) in [6.07, 6.45) is 1.89. The van der Waals surface area contributed by atoms with Gasteiger partial charge in [-0.3, -0.25) is 9.80 Å². The van der Waals surface area contributed by atoms with Crippen molar-refractivity contribution in [3.63, 3.8) is 0 Å². The van der Waals surface area contributed by atoms with Gasteiger partial charge >= 0.3 is 0 Å². The SMILES string of the molecule is Cn1cnc2cc(CN3CCN(C(c4ccccc4)c4ccccc4)CC3)ccc21. The summed E-state index contributed by atoms with van der Waals surface area (Å²) in [5.41, 5.74) is 6.37. The van der Waals surface area contributed by atoms with Crippen molar-refractivity contribution in [3.8, 4) is 0 Å². The molecule has 4 aromatic rings. The molecule has 0 amide bonds. The minimum Gasteiger partial charge on any atom is -0.334 e. The third-order valence-electron chi connectivity index (χ3n) is 6.20. The highest BCUT2D eigenvalue weighted by Gasteiger charge is 2.26. The molecule has 1 fully saturated rings. The lowest BCUT2D eigenvalue weighted by Gasteiger charge is -2.39. The van der Waals surface area contributed by atoms with E-state index in [9.17, 15) is 0 Å². The van der Waals surface area contributed by atoms with E-state index in [1.807, 2.05) is 13.4 Å². The average molecular weight is 397 g/mol. The Labute approximate surface area is 178 Å². The molecule has 1 aliphatic heterocycles. The van der Waals surface area contributed by atoms with Crippen molar-refractivity contribution in [2.75, 3.05) is 26.2 Å². The van der Waals surface area contributed by atoms with Crippen LogP contribution >= 0.6 is 0 Å². The van der Waals surface area contributed by atoms with Gasteiger partial charge < -0.3 is 4.57 Å². The standard InChI is InChI=1S/C26H28N4/c1-28-20-27-24-18-21(12-13-25(24)28)19-29-14-16-30(17-15-29)26(22-8-4-2-5-9-22)23-10-6-3-7-11-23/h2-13,18,20,26H,14-17,19H2,1H3. The number of aryl methyl sites for hydroxylation is 1. The van der Waals surface area contributed by atoms with Crippen LogP contribution in [0.5, 0.6) is 0 Å². The summed E-state index contributed by atoms with van der Waals surface area (Å²) in [6, 6.07) is 28.8. The molecule has 30 heavy (non-hydrogen) atoms. The summed E-state index contributed by atoms with van der Waals surface area (Å²) in [7, 11) is 2.05. The highest BCUT2D eigenvalue weighted by atomic mass is 15.3. The number of hydrogen-bond donors (Lipinski definition) is 0. The van der Waals surface area contributed by atoms with Crippen LogP contribution in [0.15, 0.2) is 85.2 Å². The van der Waals surface area contributed by atoms with Crippen LogP contribution in [0.3, 0.4) is 0 Å². The summed E-state index contributed by atoms with van der Waals surface area (Å²) >= 11 is 0. The lowest BCUT2D eigenvalue weighted by Crippen LogP contribution is -2.47. The first-order valence-corrected chi connectivity index (χ1v) is 10.7. The lowest BCUT2D eigenvalue weighted by molar-refractivity contribution is 0.105. The van der Waals surface area contributed by atoms with Gasteiger partial charge in [0.1, 0.15) is 0 Å². The van der Waals surface area contributed by atoms with Gasteiger partial charge in [0.05, 0.1) is 23.4 Å².